The fraction of sp³-hybridized carbons (Fsp3) is 0.200. The molecule has 5 heteroatoms. The number of anilines is 1. The van der Waals surface area contributed by atoms with Crippen LogP contribution in [0.3, 0.4) is 0 Å². The molecule has 1 fully saturated rings. The van der Waals surface area contributed by atoms with Crippen molar-refractivity contribution in [2.45, 2.75) is 6.54 Å². The van der Waals surface area contributed by atoms with Crippen LogP contribution in [0.15, 0.2) is 79.0 Å². The largest absolute Gasteiger partial charge is 0.508 e. The minimum absolute atomic E-state index is 0.271. The van der Waals surface area contributed by atoms with Gasteiger partial charge < -0.3 is 10.0 Å². The number of phenolic OH excluding ortho intramolecular Hbond substituents is 1. The zero-order valence-electron chi connectivity index (χ0n) is 16.8. The van der Waals surface area contributed by atoms with Gasteiger partial charge in [-0.25, -0.2) is 4.98 Å². The Hall–Kier alpha value is -3.44. The Bertz CT molecular complexity index is 1140. The molecule has 0 amide bonds. The maximum Gasteiger partial charge on any atom is 0.147 e. The van der Waals surface area contributed by atoms with Gasteiger partial charge in [0.25, 0.3) is 0 Å². The summed E-state index contributed by atoms with van der Waals surface area (Å²) in [7, 11) is 0. The predicted octanol–water partition coefficient (Wildman–Crippen LogP) is 4.32. The van der Waals surface area contributed by atoms with Crippen LogP contribution in [0, 0.1) is 0 Å². The fourth-order valence-electron chi connectivity index (χ4n) is 3.96. The summed E-state index contributed by atoms with van der Waals surface area (Å²) in [6, 6.07) is 24.0. The summed E-state index contributed by atoms with van der Waals surface area (Å²) in [5.41, 5.74) is 5.27. The molecule has 0 radical (unpaired) electrons. The average molecular weight is 396 g/mol. The molecule has 2 heterocycles. The van der Waals surface area contributed by atoms with Gasteiger partial charge in [-0.15, -0.1) is 0 Å². The molecule has 1 aromatic heterocycles. The van der Waals surface area contributed by atoms with Gasteiger partial charge in [0.05, 0.1) is 17.2 Å². The van der Waals surface area contributed by atoms with Gasteiger partial charge in [0.2, 0.25) is 0 Å². The number of fused-ring (bicyclic) bond motifs is 1. The maximum absolute atomic E-state index is 9.53. The molecule has 0 unspecified atom stereocenters. The first-order chi connectivity index (χ1) is 14.7. The SMILES string of the molecule is Oc1ccc(-c2ccc3ncc(N4CCN(Cc5ccccc5)CC4)nc3c2)cc1. The molecule has 0 atom stereocenters. The van der Waals surface area contributed by atoms with Crippen molar-refractivity contribution in [2.24, 2.45) is 0 Å². The Balaban J connectivity index is 1.32. The van der Waals surface area contributed by atoms with E-state index in [0.717, 1.165) is 60.7 Å². The lowest BCUT2D eigenvalue weighted by molar-refractivity contribution is 0.249. The van der Waals surface area contributed by atoms with Crippen LogP contribution >= 0.6 is 0 Å². The van der Waals surface area contributed by atoms with Crippen molar-refractivity contribution in [3.05, 3.63) is 84.6 Å². The van der Waals surface area contributed by atoms with Crippen LogP contribution in [0.4, 0.5) is 5.82 Å². The fourth-order valence-corrected chi connectivity index (χ4v) is 3.96. The summed E-state index contributed by atoms with van der Waals surface area (Å²) < 4.78 is 0. The minimum Gasteiger partial charge on any atom is -0.508 e. The van der Waals surface area contributed by atoms with Crippen molar-refractivity contribution < 1.29 is 5.11 Å². The molecule has 1 aliphatic heterocycles. The van der Waals surface area contributed by atoms with Crippen molar-refractivity contribution in [3.8, 4) is 16.9 Å². The van der Waals surface area contributed by atoms with E-state index in [2.05, 4.69) is 51.2 Å². The standard InChI is InChI=1S/C25H24N4O/c30-22-9-6-20(7-10-22)21-8-11-23-24(16-21)27-25(17-26-23)29-14-12-28(13-15-29)18-19-4-2-1-3-5-19/h1-11,16-17,30H,12-15,18H2. The van der Waals surface area contributed by atoms with Crippen LogP contribution in [0.25, 0.3) is 22.2 Å². The van der Waals surface area contributed by atoms with Gasteiger partial charge in [-0.1, -0.05) is 48.5 Å². The zero-order valence-corrected chi connectivity index (χ0v) is 16.8. The second-order valence-corrected chi connectivity index (χ2v) is 7.73. The minimum atomic E-state index is 0.271. The average Bonchev–Trinajstić information content (AvgIpc) is 2.80. The van der Waals surface area contributed by atoms with E-state index >= 15 is 0 Å². The third kappa shape index (κ3) is 3.98. The molecule has 1 aliphatic rings. The highest BCUT2D eigenvalue weighted by molar-refractivity contribution is 5.82. The van der Waals surface area contributed by atoms with Gasteiger partial charge in [-0.05, 0) is 41.0 Å². The van der Waals surface area contributed by atoms with Crippen molar-refractivity contribution in [3.63, 3.8) is 0 Å². The van der Waals surface area contributed by atoms with Crippen LogP contribution in [0.1, 0.15) is 5.56 Å². The highest BCUT2D eigenvalue weighted by atomic mass is 16.3. The van der Waals surface area contributed by atoms with E-state index in [-0.39, 0.29) is 5.75 Å². The second-order valence-electron chi connectivity index (χ2n) is 7.73. The Morgan fingerprint density at radius 1 is 0.767 bits per heavy atom. The van der Waals surface area contributed by atoms with Gasteiger partial charge in [0, 0.05) is 32.7 Å². The molecule has 4 aromatic rings. The zero-order chi connectivity index (χ0) is 20.3. The number of piperazine rings is 1. The Morgan fingerprint density at radius 3 is 2.27 bits per heavy atom. The molecule has 5 nitrogen and oxygen atoms in total. The van der Waals surface area contributed by atoms with Gasteiger partial charge in [-0.3, -0.25) is 9.88 Å². The highest BCUT2D eigenvalue weighted by Gasteiger charge is 2.18. The van der Waals surface area contributed by atoms with Crippen molar-refractivity contribution in [1.29, 1.82) is 0 Å². The lowest BCUT2D eigenvalue weighted by Gasteiger charge is -2.35. The summed E-state index contributed by atoms with van der Waals surface area (Å²) >= 11 is 0. The molecule has 30 heavy (non-hydrogen) atoms. The van der Waals surface area contributed by atoms with E-state index in [1.54, 1.807) is 12.1 Å². The number of aromatic hydroxyl groups is 1. The molecular formula is C25H24N4O. The van der Waals surface area contributed by atoms with Crippen LogP contribution in [0.2, 0.25) is 0 Å². The first-order valence-electron chi connectivity index (χ1n) is 10.3. The summed E-state index contributed by atoms with van der Waals surface area (Å²) in [5, 5.41) is 9.53. The lowest BCUT2D eigenvalue weighted by Crippen LogP contribution is -2.46. The normalized spacial score (nSPS) is 14.9. The molecule has 0 spiro atoms. The quantitative estimate of drug-likeness (QED) is 0.557. The van der Waals surface area contributed by atoms with E-state index in [4.69, 9.17) is 4.98 Å². The third-order valence-electron chi connectivity index (χ3n) is 5.68. The third-order valence-corrected chi connectivity index (χ3v) is 5.68. The number of rotatable bonds is 4. The van der Waals surface area contributed by atoms with E-state index < -0.39 is 0 Å². The maximum atomic E-state index is 9.53. The van der Waals surface area contributed by atoms with E-state index in [9.17, 15) is 5.11 Å². The summed E-state index contributed by atoms with van der Waals surface area (Å²) in [5.74, 6) is 1.21. The van der Waals surface area contributed by atoms with Gasteiger partial charge in [0.1, 0.15) is 11.6 Å². The first kappa shape index (κ1) is 18.6. The monoisotopic (exact) mass is 396 g/mol. The van der Waals surface area contributed by atoms with Crippen molar-refractivity contribution >= 4 is 16.9 Å². The number of nitrogens with zero attached hydrogens (tertiary/aromatic N) is 4. The lowest BCUT2D eigenvalue weighted by atomic mass is 10.0. The molecule has 1 N–H and O–H groups in total. The number of hydrogen-bond acceptors (Lipinski definition) is 5. The number of aromatic nitrogens is 2. The van der Waals surface area contributed by atoms with Crippen LogP contribution < -0.4 is 4.90 Å². The molecule has 0 aliphatic carbocycles. The van der Waals surface area contributed by atoms with Gasteiger partial charge in [0.15, 0.2) is 0 Å². The van der Waals surface area contributed by atoms with E-state index in [0.29, 0.717) is 0 Å². The molecule has 0 bridgehead atoms. The summed E-state index contributed by atoms with van der Waals surface area (Å²) in [6.07, 6.45) is 1.88. The predicted molar refractivity (Wildman–Crippen MR) is 121 cm³/mol. The number of phenols is 1. The summed E-state index contributed by atoms with van der Waals surface area (Å²) in [6.45, 7) is 4.92. The Morgan fingerprint density at radius 2 is 1.50 bits per heavy atom. The molecule has 0 saturated carbocycles. The Kier molecular flexibility index (Phi) is 5.03. The summed E-state index contributed by atoms with van der Waals surface area (Å²) in [4.78, 5) is 14.4. The molecule has 1 saturated heterocycles. The molecule has 3 aromatic carbocycles. The van der Waals surface area contributed by atoms with Crippen molar-refractivity contribution in [1.82, 2.24) is 14.9 Å². The van der Waals surface area contributed by atoms with Crippen molar-refractivity contribution in [2.75, 3.05) is 31.1 Å². The van der Waals surface area contributed by atoms with Crippen LogP contribution in [-0.2, 0) is 6.54 Å². The molecule has 150 valence electrons. The Labute approximate surface area is 176 Å². The number of benzene rings is 3. The smallest absolute Gasteiger partial charge is 0.147 e. The first-order valence-corrected chi connectivity index (χ1v) is 10.3. The van der Waals surface area contributed by atoms with Gasteiger partial charge >= 0.3 is 0 Å². The number of hydrogen-bond donors (Lipinski definition) is 1. The topological polar surface area (TPSA) is 52.5 Å². The van der Waals surface area contributed by atoms with Gasteiger partial charge in [-0.2, -0.15) is 0 Å². The van der Waals surface area contributed by atoms with E-state index in [1.807, 2.05) is 30.5 Å². The molecule has 5 rings (SSSR count). The van der Waals surface area contributed by atoms with Crippen LogP contribution in [-0.4, -0.2) is 46.2 Å². The molecular weight excluding hydrogens is 372 g/mol. The van der Waals surface area contributed by atoms with Crippen LogP contribution in [0.5, 0.6) is 5.75 Å². The van der Waals surface area contributed by atoms with E-state index in [1.165, 1.54) is 5.56 Å². The second kappa shape index (κ2) is 8.13. The highest BCUT2D eigenvalue weighted by Crippen LogP contribution is 2.26.